The van der Waals surface area contributed by atoms with Crippen LogP contribution in [0.15, 0.2) is 24.3 Å². The molecule has 2 rings (SSSR count). The standard InChI is InChI=1S/C14H21N2/c1-3-16(4-2)15-14(11-8-12-14)13-9-6-5-7-10-13/h6-7,9-10,15H,3-4,8,11-12H2,1-2H3. The highest BCUT2D eigenvalue weighted by atomic mass is 15.5. The number of nitrogens with one attached hydrogen (secondary N) is 1. The second kappa shape index (κ2) is 4.98. The summed E-state index contributed by atoms with van der Waals surface area (Å²) in [5.41, 5.74) is 5.30. The van der Waals surface area contributed by atoms with Gasteiger partial charge in [-0.1, -0.05) is 38.1 Å². The molecule has 1 saturated carbocycles. The molecule has 1 aromatic rings. The summed E-state index contributed by atoms with van der Waals surface area (Å²) in [5.74, 6) is 0. The summed E-state index contributed by atoms with van der Waals surface area (Å²) in [6.07, 6.45) is 3.81. The fraction of sp³-hybridized carbons (Fsp3) is 0.571. The van der Waals surface area contributed by atoms with Gasteiger partial charge < -0.3 is 0 Å². The highest BCUT2D eigenvalue weighted by molar-refractivity contribution is 5.26. The number of nitrogens with zero attached hydrogens (tertiary/aromatic N) is 1. The van der Waals surface area contributed by atoms with Gasteiger partial charge in [0.15, 0.2) is 0 Å². The van der Waals surface area contributed by atoms with E-state index in [1.165, 1.54) is 24.8 Å². The van der Waals surface area contributed by atoms with Gasteiger partial charge in [-0.3, -0.25) is 0 Å². The Labute approximate surface area is 98.6 Å². The minimum absolute atomic E-state index is 0.196. The molecule has 0 bridgehead atoms. The number of benzene rings is 1. The number of hydrazine groups is 1. The Balaban J connectivity index is 2.14. The van der Waals surface area contributed by atoms with Gasteiger partial charge in [-0.05, 0) is 30.9 Å². The van der Waals surface area contributed by atoms with E-state index < -0.39 is 0 Å². The number of hydrogen-bond acceptors (Lipinski definition) is 2. The second-order valence-corrected chi connectivity index (χ2v) is 4.51. The summed E-state index contributed by atoms with van der Waals surface area (Å²) in [4.78, 5) is 0. The lowest BCUT2D eigenvalue weighted by Gasteiger charge is -2.46. The molecule has 2 heteroatoms. The lowest BCUT2D eigenvalue weighted by Crippen LogP contribution is -2.55. The Kier molecular flexibility index (Phi) is 3.62. The van der Waals surface area contributed by atoms with Crippen molar-refractivity contribution in [1.82, 2.24) is 10.4 Å². The molecule has 0 aliphatic heterocycles. The molecule has 0 amide bonds. The van der Waals surface area contributed by atoms with E-state index in [0.29, 0.717) is 0 Å². The Morgan fingerprint density at radius 1 is 1.25 bits per heavy atom. The third-order valence-electron chi connectivity index (χ3n) is 3.61. The van der Waals surface area contributed by atoms with Gasteiger partial charge in [-0.15, -0.1) is 0 Å². The molecule has 87 valence electrons. The molecule has 16 heavy (non-hydrogen) atoms. The molecule has 1 fully saturated rings. The van der Waals surface area contributed by atoms with Gasteiger partial charge in [0.2, 0.25) is 0 Å². The molecule has 0 saturated heterocycles. The lowest BCUT2D eigenvalue weighted by molar-refractivity contribution is 0.0527. The quantitative estimate of drug-likeness (QED) is 0.763. The third kappa shape index (κ3) is 2.13. The minimum atomic E-state index is 0.196. The Hall–Kier alpha value is -0.860. The Morgan fingerprint density at radius 2 is 1.88 bits per heavy atom. The first kappa shape index (κ1) is 11.6. The number of rotatable bonds is 5. The minimum Gasteiger partial charge on any atom is -0.245 e. The van der Waals surface area contributed by atoms with Crippen LogP contribution in [-0.4, -0.2) is 18.1 Å². The van der Waals surface area contributed by atoms with Crippen molar-refractivity contribution in [1.29, 1.82) is 0 Å². The van der Waals surface area contributed by atoms with Gasteiger partial charge >= 0.3 is 0 Å². The van der Waals surface area contributed by atoms with E-state index in [-0.39, 0.29) is 5.54 Å². The van der Waals surface area contributed by atoms with E-state index in [1.807, 2.05) is 12.1 Å². The average molecular weight is 217 g/mol. The molecule has 0 heterocycles. The summed E-state index contributed by atoms with van der Waals surface area (Å²) in [5, 5.41) is 2.30. The molecule has 0 atom stereocenters. The summed E-state index contributed by atoms with van der Waals surface area (Å²) >= 11 is 0. The van der Waals surface area contributed by atoms with Crippen molar-refractivity contribution >= 4 is 0 Å². The first-order valence-corrected chi connectivity index (χ1v) is 6.30. The van der Waals surface area contributed by atoms with Crippen LogP contribution in [0.3, 0.4) is 0 Å². The first-order chi connectivity index (χ1) is 7.80. The molecular weight excluding hydrogens is 196 g/mol. The summed E-state index contributed by atoms with van der Waals surface area (Å²) in [6.45, 7) is 6.50. The molecule has 0 aromatic heterocycles. The van der Waals surface area contributed by atoms with Crippen LogP contribution in [0.1, 0.15) is 38.7 Å². The van der Waals surface area contributed by atoms with E-state index in [9.17, 15) is 0 Å². The SMILES string of the molecule is CCN(CC)NC1(c2cc[c]cc2)CCC1. The predicted molar refractivity (Wildman–Crippen MR) is 66.9 cm³/mol. The maximum atomic E-state index is 3.70. The van der Waals surface area contributed by atoms with Crippen molar-refractivity contribution < 1.29 is 0 Å². The topological polar surface area (TPSA) is 15.3 Å². The van der Waals surface area contributed by atoms with E-state index in [0.717, 1.165) is 13.1 Å². The fourth-order valence-corrected chi connectivity index (χ4v) is 2.39. The number of hydrogen-bond donors (Lipinski definition) is 1. The molecule has 1 aliphatic carbocycles. The molecule has 1 N–H and O–H groups in total. The summed E-state index contributed by atoms with van der Waals surface area (Å²) in [6, 6.07) is 11.5. The van der Waals surface area contributed by atoms with E-state index in [4.69, 9.17) is 0 Å². The van der Waals surface area contributed by atoms with Crippen molar-refractivity contribution in [2.45, 2.75) is 38.6 Å². The van der Waals surface area contributed by atoms with Crippen molar-refractivity contribution in [3.8, 4) is 0 Å². The lowest BCUT2D eigenvalue weighted by atomic mass is 9.72. The normalized spacial score (nSPS) is 18.4. The van der Waals surface area contributed by atoms with Crippen LogP contribution in [0, 0.1) is 6.07 Å². The predicted octanol–water partition coefficient (Wildman–Crippen LogP) is 2.71. The van der Waals surface area contributed by atoms with Gasteiger partial charge in [0, 0.05) is 13.1 Å². The second-order valence-electron chi connectivity index (χ2n) is 4.51. The van der Waals surface area contributed by atoms with E-state index >= 15 is 0 Å². The van der Waals surface area contributed by atoms with Gasteiger partial charge in [0.05, 0.1) is 5.54 Å². The highest BCUT2D eigenvalue weighted by Gasteiger charge is 2.39. The van der Waals surface area contributed by atoms with Crippen LogP contribution in [0.25, 0.3) is 0 Å². The zero-order valence-corrected chi connectivity index (χ0v) is 10.3. The zero-order chi connectivity index (χ0) is 11.4. The van der Waals surface area contributed by atoms with Crippen LogP contribution in [-0.2, 0) is 5.54 Å². The van der Waals surface area contributed by atoms with Crippen LogP contribution >= 0.6 is 0 Å². The molecule has 2 nitrogen and oxygen atoms in total. The van der Waals surface area contributed by atoms with Crippen LogP contribution in [0.2, 0.25) is 0 Å². The molecular formula is C14H21N2. The zero-order valence-electron chi connectivity index (χ0n) is 10.3. The van der Waals surface area contributed by atoms with Crippen molar-refractivity contribution in [3.05, 3.63) is 35.9 Å². The van der Waals surface area contributed by atoms with Crippen molar-refractivity contribution in [3.63, 3.8) is 0 Å². The first-order valence-electron chi connectivity index (χ1n) is 6.30. The summed E-state index contributed by atoms with van der Waals surface area (Å²) < 4.78 is 0. The van der Waals surface area contributed by atoms with Crippen molar-refractivity contribution in [2.24, 2.45) is 0 Å². The third-order valence-corrected chi connectivity index (χ3v) is 3.61. The molecule has 0 unspecified atom stereocenters. The summed E-state index contributed by atoms with van der Waals surface area (Å²) in [7, 11) is 0. The highest BCUT2D eigenvalue weighted by Crippen LogP contribution is 2.41. The van der Waals surface area contributed by atoms with Crippen LogP contribution < -0.4 is 5.43 Å². The van der Waals surface area contributed by atoms with E-state index in [1.54, 1.807) is 0 Å². The maximum absolute atomic E-state index is 3.70. The van der Waals surface area contributed by atoms with Gasteiger partial charge in [0.1, 0.15) is 0 Å². The van der Waals surface area contributed by atoms with Gasteiger partial charge in [0.25, 0.3) is 0 Å². The molecule has 0 spiro atoms. The molecule has 1 aromatic carbocycles. The molecule has 1 aliphatic rings. The van der Waals surface area contributed by atoms with Crippen LogP contribution in [0.5, 0.6) is 0 Å². The smallest absolute Gasteiger partial charge is 0.0574 e. The van der Waals surface area contributed by atoms with Crippen LogP contribution in [0.4, 0.5) is 0 Å². The largest absolute Gasteiger partial charge is 0.245 e. The Morgan fingerprint density at radius 3 is 2.31 bits per heavy atom. The van der Waals surface area contributed by atoms with Gasteiger partial charge in [-0.2, -0.15) is 0 Å². The van der Waals surface area contributed by atoms with Gasteiger partial charge in [-0.25, -0.2) is 10.4 Å². The monoisotopic (exact) mass is 217 g/mol. The van der Waals surface area contributed by atoms with E-state index in [2.05, 4.69) is 42.5 Å². The average Bonchev–Trinajstić information content (AvgIpc) is 2.30. The maximum Gasteiger partial charge on any atom is 0.0574 e. The fourth-order valence-electron chi connectivity index (χ4n) is 2.39. The van der Waals surface area contributed by atoms with Crippen molar-refractivity contribution in [2.75, 3.05) is 13.1 Å². The Bertz CT molecular complexity index is 313. The molecule has 1 radical (unpaired) electrons.